The largest absolute Gasteiger partial charge is 0.459 e. The second-order valence-electron chi connectivity index (χ2n) is 7.93. The summed E-state index contributed by atoms with van der Waals surface area (Å²) in [5.41, 5.74) is 5.26. The Morgan fingerprint density at radius 1 is 0.886 bits per heavy atom. The molecular weight excluding hydrogens is 462 g/mol. The number of amides is 1. The van der Waals surface area contributed by atoms with Crippen LogP contribution in [0.2, 0.25) is 0 Å². The van der Waals surface area contributed by atoms with Crippen LogP contribution in [0.1, 0.15) is 34.1 Å². The Morgan fingerprint density at radius 3 is 2.09 bits per heavy atom. The first-order valence-corrected chi connectivity index (χ1v) is 12.5. The van der Waals surface area contributed by atoms with Gasteiger partial charge < -0.3 is 4.42 Å². The molecule has 8 heteroatoms. The normalized spacial score (nSPS) is 11.7. The van der Waals surface area contributed by atoms with Crippen LogP contribution >= 0.6 is 0 Å². The highest BCUT2D eigenvalue weighted by atomic mass is 32.2. The third-order valence-corrected chi connectivity index (χ3v) is 6.76. The molecule has 0 atom stereocenters. The number of hydrogen-bond donors (Lipinski definition) is 2. The Hall–Kier alpha value is -4.01. The number of rotatable bonds is 9. The van der Waals surface area contributed by atoms with E-state index in [1.807, 2.05) is 67.6 Å². The smallest absolute Gasteiger partial charge is 0.252 e. The van der Waals surface area contributed by atoms with Gasteiger partial charge in [-0.2, -0.15) is 5.10 Å². The lowest BCUT2D eigenvalue weighted by molar-refractivity contribution is -0.121. The second kappa shape index (κ2) is 10.9. The van der Waals surface area contributed by atoms with E-state index in [2.05, 4.69) is 15.2 Å². The van der Waals surface area contributed by atoms with Gasteiger partial charge in [0.05, 0.1) is 23.6 Å². The molecule has 3 aromatic carbocycles. The Kier molecular flexibility index (Phi) is 7.54. The van der Waals surface area contributed by atoms with Crippen LogP contribution in [0.25, 0.3) is 0 Å². The summed E-state index contributed by atoms with van der Waals surface area (Å²) in [6, 6.07) is 28.8. The summed E-state index contributed by atoms with van der Waals surface area (Å²) in [6.45, 7) is 1.88. The summed E-state index contributed by atoms with van der Waals surface area (Å²) in [4.78, 5) is 13.2. The molecule has 2 N–H and O–H groups in total. The van der Waals surface area contributed by atoms with E-state index < -0.39 is 15.9 Å². The van der Waals surface area contributed by atoms with E-state index in [0.29, 0.717) is 11.5 Å². The number of benzene rings is 3. The zero-order valence-corrected chi connectivity index (χ0v) is 19.9. The molecule has 0 aliphatic carbocycles. The number of sulfonamides is 1. The van der Waals surface area contributed by atoms with Gasteiger partial charge in [-0.25, -0.2) is 18.6 Å². The third-order valence-electron chi connectivity index (χ3n) is 5.34. The van der Waals surface area contributed by atoms with Crippen LogP contribution in [-0.2, 0) is 21.4 Å². The minimum Gasteiger partial charge on any atom is -0.459 e. The minimum absolute atomic E-state index is 0.0134. The number of furan rings is 1. The van der Waals surface area contributed by atoms with Gasteiger partial charge in [0.2, 0.25) is 10.0 Å². The molecule has 4 aromatic rings. The zero-order valence-electron chi connectivity index (χ0n) is 19.1. The molecular formula is C27H25N3O4S. The average Bonchev–Trinajstić information content (AvgIpc) is 3.32. The van der Waals surface area contributed by atoms with Crippen LogP contribution < -0.4 is 10.1 Å². The number of aryl methyl sites for hydroxylation is 1. The Bertz CT molecular complexity index is 1360. The zero-order chi connectivity index (χ0) is 24.7. The van der Waals surface area contributed by atoms with Crippen molar-refractivity contribution >= 4 is 22.1 Å². The van der Waals surface area contributed by atoms with E-state index in [-0.39, 0.29) is 17.3 Å². The van der Waals surface area contributed by atoms with Crippen molar-refractivity contribution in [2.45, 2.75) is 24.3 Å². The van der Waals surface area contributed by atoms with E-state index in [1.54, 1.807) is 36.4 Å². The number of nitrogens with one attached hydrogen (secondary N) is 2. The van der Waals surface area contributed by atoms with Gasteiger partial charge in [-0.1, -0.05) is 78.4 Å². The first-order chi connectivity index (χ1) is 16.9. The van der Waals surface area contributed by atoms with E-state index in [4.69, 9.17) is 4.42 Å². The van der Waals surface area contributed by atoms with Crippen LogP contribution in [0.3, 0.4) is 0 Å². The molecule has 0 unspecified atom stereocenters. The van der Waals surface area contributed by atoms with E-state index in [9.17, 15) is 13.2 Å². The fourth-order valence-electron chi connectivity index (χ4n) is 3.54. The maximum absolute atomic E-state index is 13.0. The topological polar surface area (TPSA) is 101 Å². The summed E-state index contributed by atoms with van der Waals surface area (Å²) < 4.78 is 33.0. The number of nitrogens with zero attached hydrogens (tertiary/aromatic N) is 1. The molecule has 0 radical (unpaired) electrons. The molecule has 0 aliphatic rings. The van der Waals surface area contributed by atoms with Gasteiger partial charge in [-0.05, 0) is 42.3 Å². The van der Waals surface area contributed by atoms with E-state index in [0.717, 1.165) is 16.7 Å². The van der Waals surface area contributed by atoms with Crippen LogP contribution in [0, 0.1) is 6.92 Å². The lowest BCUT2D eigenvalue weighted by Crippen LogP contribution is -2.26. The number of hydrazone groups is 1. The molecule has 0 spiro atoms. The lowest BCUT2D eigenvalue weighted by atomic mass is 9.91. The monoisotopic (exact) mass is 487 g/mol. The summed E-state index contributed by atoms with van der Waals surface area (Å²) >= 11 is 0. The van der Waals surface area contributed by atoms with Crippen molar-refractivity contribution in [1.29, 1.82) is 0 Å². The Morgan fingerprint density at radius 2 is 1.49 bits per heavy atom. The first kappa shape index (κ1) is 24.1. The standard InChI is InChI=1S/C27H25N3O4S/c1-20-12-16-25(17-13-20)35(32,33)29-19-24-15-14-23(34-24)18-28-30-27(31)26(21-8-4-2-5-9-21)22-10-6-3-7-11-22/h2-18,26,29H,19H2,1H3,(H,30,31)/b28-18-. The van der Waals surface area contributed by atoms with Crippen molar-refractivity contribution in [3.8, 4) is 0 Å². The van der Waals surface area contributed by atoms with Crippen molar-refractivity contribution in [3.05, 3.63) is 125 Å². The van der Waals surface area contributed by atoms with Gasteiger partial charge in [0.1, 0.15) is 11.5 Å². The summed E-state index contributed by atoms with van der Waals surface area (Å²) in [5.74, 6) is -0.0000953. The molecule has 4 rings (SSSR count). The van der Waals surface area contributed by atoms with Crippen molar-refractivity contribution in [2.24, 2.45) is 5.10 Å². The van der Waals surface area contributed by atoms with Gasteiger partial charge >= 0.3 is 0 Å². The fraction of sp³-hybridized carbons (Fsp3) is 0.111. The Balaban J connectivity index is 1.38. The van der Waals surface area contributed by atoms with Crippen molar-refractivity contribution in [3.63, 3.8) is 0 Å². The highest BCUT2D eigenvalue weighted by molar-refractivity contribution is 7.89. The number of hydrogen-bond acceptors (Lipinski definition) is 5. The van der Waals surface area contributed by atoms with Gasteiger partial charge in [-0.3, -0.25) is 4.79 Å². The molecule has 0 saturated heterocycles. The quantitative estimate of drug-likeness (QED) is 0.271. The third kappa shape index (κ3) is 6.32. The van der Waals surface area contributed by atoms with E-state index in [1.165, 1.54) is 6.21 Å². The van der Waals surface area contributed by atoms with Gasteiger partial charge in [0, 0.05) is 0 Å². The minimum atomic E-state index is -3.66. The van der Waals surface area contributed by atoms with Crippen LogP contribution in [0.4, 0.5) is 0 Å². The summed E-state index contributed by atoms with van der Waals surface area (Å²) in [5, 5.41) is 4.03. The molecule has 0 fully saturated rings. The molecule has 0 bridgehead atoms. The number of carbonyl (C=O) groups is 1. The van der Waals surface area contributed by atoms with Gasteiger partial charge in [0.15, 0.2) is 0 Å². The number of carbonyl (C=O) groups excluding carboxylic acids is 1. The molecule has 1 amide bonds. The first-order valence-electron chi connectivity index (χ1n) is 11.0. The maximum atomic E-state index is 13.0. The Labute approximate surface area is 204 Å². The molecule has 0 aliphatic heterocycles. The molecule has 7 nitrogen and oxygen atoms in total. The predicted molar refractivity (Wildman–Crippen MR) is 134 cm³/mol. The van der Waals surface area contributed by atoms with Gasteiger partial charge in [0.25, 0.3) is 5.91 Å². The fourth-order valence-corrected chi connectivity index (χ4v) is 4.53. The lowest BCUT2D eigenvalue weighted by Gasteiger charge is -2.16. The van der Waals surface area contributed by atoms with Crippen LogP contribution in [0.5, 0.6) is 0 Å². The molecule has 0 saturated carbocycles. The van der Waals surface area contributed by atoms with Crippen molar-refractivity contribution < 1.29 is 17.6 Å². The molecule has 178 valence electrons. The predicted octanol–water partition coefficient (Wildman–Crippen LogP) is 4.35. The SMILES string of the molecule is Cc1ccc(S(=O)(=O)NCc2ccc(/C=N\NC(=O)C(c3ccccc3)c3ccccc3)o2)cc1. The summed E-state index contributed by atoms with van der Waals surface area (Å²) in [7, 11) is -3.66. The second-order valence-corrected chi connectivity index (χ2v) is 9.70. The van der Waals surface area contributed by atoms with Crippen molar-refractivity contribution in [1.82, 2.24) is 10.1 Å². The molecule has 35 heavy (non-hydrogen) atoms. The summed E-state index contributed by atoms with van der Waals surface area (Å²) in [6.07, 6.45) is 1.38. The average molecular weight is 488 g/mol. The van der Waals surface area contributed by atoms with Gasteiger partial charge in [-0.15, -0.1) is 0 Å². The maximum Gasteiger partial charge on any atom is 0.252 e. The molecule has 1 aromatic heterocycles. The highest BCUT2D eigenvalue weighted by Crippen LogP contribution is 2.24. The van der Waals surface area contributed by atoms with Crippen LogP contribution in [0.15, 0.2) is 111 Å². The van der Waals surface area contributed by atoms with Crippen LogP contribution in [-0.4, -0.2) is 20.5 Å². The highest BCUT2D eigenvalue weighted by Gasteiger charge is 2.22. The van der Waals surface area contributed by atoms with Crippen molar-refractivity contribution in [2.75, 3.05) is 0 Å². The van der Waals surface area contributed by atoms with E-state index >= 15 is 0 Å². The molecule has 1 heterocycles.